The summed E-state index contributed by atoms with van der Waals surface area (Å²) < 4.78 is 0. The standard InChI is InChI=1S/C20H32OSi/c1-2-14-22(20-6-4-3-5-7-20)15-12-18(13-16-22)17-8-10-19(21)11-9-17/h3-7,17-19,21H,2,8-16H2,1H3. The van der Waals surface area contributed by atoms with E-state index in [1.807, 2.05) is 0 Å². The maximum atomic E-state index is 9.73. The van der Waals surface area contributed by atoms with Crippen LogP contribution in [0.4, 0.5) is 0 Å². The summed E-state index contributed by atoms with van der Waals surface area (Å²) in [7, 11) is -1.23. The van der Waals surface area contributed by atoms with Crippen molar-refractivity contribution >= 4 is 13.3 Å². The van der Waals surface area contributed by atoms with Crippen molar-refractivity contribution < 1.29 is 5.11 Å². The molecule has 0 spiro atoms. The van der Waals surface area contributed by atoms with Gasteiger partial charge < -0.3 is 5.11 Å². The average molecular weight is 317 g/mol. The van der Waals surface area contributed by atoms with Gasteiger partial charge in [-0.2, -0.15) is 0 Å². The van der Waals surface area contributed by atoms with E-state index in [-0.39, 0.29) is 6.10 Å². The van der Waals surface area contributed by atoms with Crippen LogP contribution in [-0.2, 0) is 0 Å². The molecular weight excluding hydrogens is 284 g/mol. The third-order valence-electron chi connectivity index (χ3n) is 6.51. The predicted octanol–water partition coefficient (Wildman–Crippen LogP) is 4.71. The number of aliphatic hydroxyl groups is 1. The van der Waals surface area contributed by atoms with Crippen molar-refractivity contribution in [2.24, 2.45) is 11.8 Å². The number of rotatable bonds is 4. The zero-order valence-corrected chi connectivity index (χ0v) is 15.1. The van der Waals surface area contributed by atoms with Gasteiger partial charge in [0.05, 0.1) is 14.2 Å². The van der Waals surface area contributed by atoms with Gasteiger partial charge in [-0.05, 0) is 37.5 Å². The quantitative estimate of drug-likeness (QED) is 0.797. The first-order chi connectivity index (χ1) is 10.7. The molecule has 1 aromatic rings. The maximum absolute atomic E-state index is 9.73. The lowest BCUT2D eigenvalue weighted by atomic mass is 9.76. The molecule has 1 aromatic carbocycles. The molecule has 1 saturated carbocycles. The van der Waals surface area contributed by atoms with Crippen molar-refractivity contribution in [2.45, 2.75) is 76.1 Å². The largest absolute Gasteiger partial charge is 0.393 e. The minimum Gasteiger partial charge on any atom is -0.393 e. The van der Waals surface area contributed by atoms with E-state index < -0.39 is 8.07 Å². The molecule has 122 valence electrons. The highest BCUT2D eigenvalue weighted by Crippen LogP contribution is 2.43. The van der Waals surface area contributed by atoms with E-state index in [9.17, 15) is 5.11 Å². The van der Waals surface area contributed by atoms with Gasteiger partial charge in [-0.25, -0.2) is 0 Å². The molecule has 0 atom stereocenters. The maximum Gasteiger partial charge on any atom is 0.0867 e. The molecule has 0 bridgehead atoms. The van der Waals surface area contributed by atoms with Gasteiger partial charge in [0, 0.05) is 0 Å². The fraction of sp³-hybridized carbons (Fsp3) is 0.700. The minimum absolute atomic E-state index is 0.00211. The van der Waals surface area contributed by atoms with Crippen molar-refractivity contribution in [1.29, 1.82) is 0 Å². The second kappa shape index (κ2) is 7.31. The Morgan fingerprint density at radius 3 is 2.09 bits per heavy atom. The highest BCUT2D eigenvalue weighted by molar-refractivity contribution is 6.92. The lowest BCUT2D eigenvalue weighted by Gasteiger charge is -2.42. The highest BCUT2D eigenvalue weighted by atomic mass is 28.3. The predicted molar refractivity (Wildman–Crippen MR) is 97.2 cm³/mol. The van der Waals surface area contributed by atoms with E-state index in [1.54, 1.807) is 5.19 Å². The minimum atomic E-state index is -1.23. The van der Waals surface area contributed by atoms with Crippen LogP contribution < -0.4 is 5.19 Å². The van der Waals surface area contributed by atoms with Crippen molar-refractivity contribution in [3.63, 3.8) is 0 Å². The molecule has 0 unspecified atom stereocenters. The smallest absolute Gasteiger partial charge is 0.0867 e. The van der Waals surface area contributed by atoms with Crippen LogP contribution >= 0.6 is 0 Å². The first-order valence-electron chi connectivity index (χ1n) is 9.47. The lowest BCUT2D eigenvalue weighted by molar-refractivity contribution is 0.0880. The molecule has 0 aromatic heterocycles. The van der Waals surface area contributed by atoms with Gasteiger partial charge in [-0.15, -0.1) is 0 Å². The topological polar surface area (TPSA) is 20.2 Å². The summed E-state index contributed by atoms with van der Waals surface area (Å²) in [6.45, 7) is 2.37. The first kappa shape index (κ1) is 16.3. The van der Waals surface area contributed by atoms with Gasteiger partial charge in [-0.1, -0.05) is 79.8 Å². The van der Waals surface area contributed by atoms with E-state index in [2.05, 4.69) is 37.3 Å². The average Bonchev–Trinajstić information content (AvgIpc) is 2.57. The number of hydrogen-bond acceptors (Lipinski definition) is 1. The van der Waals surface area contributed by atoms with Crippen molar-refractivity contribution in [3.8, 4) is 0 Å². The van der Waals surface area contributed by atoms with Crippen molar-refractivity contribution in [1.82, 2.24) is 0 Å². The summed E-state index contributed by atoms with van der Waals surface area (Å²) >= 11 is 0. The SMILES string of the molecule is CCC[Si]1(c2ccccc2)CCC(C2CCC(O)CC2)CC1. The molecule has 1 heterocycles. The molecule has 1 nitrogen and oxygen atoms in total. The van der Waals surface area contributed by atoms with Crippen molar-refractivity contribution in [3.05, 3.63) is 30.3 Å². The fourth-order valence-electron chi connectivity index (χ4n) is 5.19. The summed E-state index contributed by atoms with van der Waals surface area (Å²) in [4.78, 5) is 0. The third kappa shape index (κ3) is 3.49. The molecule has 1 aliphatic heterocycles. The van der Waals surface area contributed by atoms with Crippen LogP contribution in [0.15, 0.2) is 30.3 Å². The van der Waals surface area contributed by atoms with Gasteiger partial charge in [0.25, 0.3) is 0 Å². The Bertz CT molecular complexity index is 442. The zero-order chi connectivity index (χ0) is 15.4. The molecule has 2 fully saturated rings. The fourth-order valence-corrected chi connectivity index (χ4v) is 10.5. The molecule has 3 rings (SSSR count). The van der Waals surface area contributed by atoms with Crippen LogP contribution in [0.25, 0.3) is 0 Å². The number of aliphatic hydroxyl groups excluding tert-OH is 1. The second-order valence-corrected chi connectivity index (χ2v) is 12.4. The van der Waals surface area contributed by atoms with E-state index in [1.165, 1.54) is 50.2 Å². The van der Waals surface area contributed by atoms with Crippen LogP contribution in [0.1, 0.15) is 51.9 Å². The van der Waals surface area contributed by atoms with Crippen LogP contribution in [0.2, 0.25) is 18.1 Å². The summed E-state index contributed by atoms with van der Waals surface area (Å²) in [5.41, 5.74) is 0. The Labute approximate surface area is 137 Å². The van der Waals surface area contributed by atoms with Crippen LogP contribution in [-0.4, -0.2) is 19.3 Å². The number of hydrogen-bond donors (Lipinski definition) is 1. The molecule has 22 heavy (non-hydrogen) atoms. The van der Waals surface area contributed by atoms with Crippen LogP contribution in [0.3, 0.4) is 0 Å². The molecule has 2 heteroatoms. The monoisotopic (exact) mass is 316 g/mol. The Balaban J connectivity index is 1.65. The lowest BCUT2D eigenvalue weighted by Crippen LogP contribution is -2.50. The normalized spacial score (nSPS) is 36.2. The van der Waals surface area contributed by atoms with Gasteiger partial charge in [0.2, 0.25) is 0 Å². The van der Waals surface area contributed by atoms with Gasteiger partial charge >= 0.3 is 0 Å². The molecule has 0 amide bonds. The zero-order valence-electron chi connectivity index (χ0n) is 14.1. The Morgan fingerprint density at radius 2 is 1.50 bits per heavy atom. The Morgan fingerprint density at radius 1 is 0.909 bits per heavy atom. The van der Waals surface area contributed by atoms with E-state index in [0.717, 1.165) is 24.7 Å². The molecule has 0 radical (unpaired) electrons. The molecule has 1 N–H and O–H groups in total. The Hall–Kier alpha value is -0.603. The molecule has 1 aliphatic carbocycles. The summed E-state index contributed by atoms with van der Waals surface area (Å²) in [6.07, 6.45) is 8.93. The van der Waals surface area contributed by atoms with E-state index >= 15 is 0 Å². The second-order valence-electron chi connectivity index (χ2n) is 7.80. The third-order valence-corrected chi connectivity index (χ3v) is 12.0. The highest BCUT2D eigenvalue weighted by Gasteiger charge is 2.40. The first-order valence-corrected chi connectivity index (χ1v) is 12.1. The number of benzene rings is 1. The van der Waals surface area contributed by atoms with E-state index in [4.69, 9.17) is 0 Å². The van der Waals surface area contributed by atoms with E-state index in [0.29, 0.717) is 0 Å². The summed E-state index contributed by atoms with van der Waals surface area (Å²) in [5, 5.41) is 11.5. The van der Waals surface area contributed by atoms with Gasteiger partial charge in [-0.3, -0.25) is 0 Å². The van der Waals surface area contributed by atoms with Crippen LogP contribution in [0.5, 0.6) is 0 Å². The van der Waals surface area contributed by atoms with Gasteiger partial charge in [0.15, 0.2) is 0 Å². The summed E-state index contributed by atoms with van der Waals surface area (Å²) in [6, 6.07) is 16.0. The molecule has 2 aliphatic rings. The molecule has 1 saturated heterocycles. The Kier molecular flexibility index (Phi) is 5.40. The van der Waals surface area contributed by atoms with Gasteiger partial charge in [0.1, 0.15) is 0 Å². The van der Waals surface area contributed by atoms with Crippen LogP contribution in [0, 0.1) is 11.8 Å². The summed E-state index contributed by atoms with van der Waals surface area (Å²) in [5.74, 6) is 1.86. The van der Waals surface area contributed by atoms with Crippen molar-refractivity contribution in [2.75, 3.05) is 0 Å². The molecular formula is C20H32OSi.